The van der Waals surface area contributed by atoms with Crippen molar-refractivity contribution in [2.45, 2.75) is 149 Å². The summed E-state index contributed by atoms with van der Waals surface area (Å²) in [5.41, 5.74) is 6.06. The predicted molar refractivity (Wildman–Crippen MR) is 300 cm³/mol. The number of carbonyl (C=O) groups excluding carboxylic acids is 8. The summed E-state index contributed by atoms with van der Waals surface area (Å²) >= 11 is 0. The number of nitrogens with one attached hydrogen (secondary N) is 5. The molecular formula is C56H70N9NaO22S. The first-order valence-electron chi connectivity index (χ1n) is 27.9. The number of hydrogen-bond acceptors (Lipinski definition) is 23. The molecular weight excluding hydrogens is 1210 g/mol. The molecule has 478 valence electrons. The van der Waals surface area contributed by atoms with Crippen molar-refractivity contribution >= 4 is 57.4 Å². The van der Waals surface area contributed by atoms with Gasteiger partial charge in [-0.05, 0) is 67.4 Å². The Morgan fingerprint density at radius 3 is 2.06 bits per heavy atom. The van der Waals surface area contributed by atoms with E-state index < -0.39 is 197 Å². The molecule has 3 fully saturated rings. The second-order valence-corrected chi connectivity index (χ2v) is 23.2. The van der Waals surface area contributed by atoms with Gasteiger partial charge in [-0.25, -0.2) is 8.42 Å². The standard InChI is InChI=1S/C56H71N9O22S.Na/c1-4-5-6-17-86-32-14-11-28(12-15-32)39-21-33(63-87-39)27-7-9-29(10-8-27)49(75)58-34-20-38(70)52(78)62-54(80)45-46(72)25(2)23-65(45)56(82)43(37(69)22-41(57)71)60-53(79)44(48(74)47(73)30-13-16-36(68)40(18-30)88(83,84)85)61-51(77)35-19-31(67)24-64(35)55(81)42(26(3)66)59-50(34)76;/h7-16,18,21,25-26,31,34-35,37-38,42-48,52,66-70,72-74,78H,4-6,17,19-20,22-24H2,1-3H3,(H2,57,71)(H,58,75)(H,59,76)(H,60,79)(H,61,77)(H,62,80)(H,83,84,85);/q;+1/p-1. The summed E-state index contributed by atoms with van der Waals surface area (Å²) < 4.78 is 47.3. The molecule has 3 saturated heterocycles. The number of nitrogens with two attached hydrogens (primary N) is 1. The number of phenolic OH excluding ortho intramolecular Hbond substituents is 1. The van der Waals surface area contributed by atoms with Gasteiger partial charge >= 0.3 is 29.6 Å². The molecule has 15 unspecified atom stereocenters. The van der Waals surface area contributed by atoms with Crippen LogP contribution in [0.3, 0.4) is 0 Å². The normalized spacial score (nSPS) is 26.4. The van der Waals surface area contributed by atoms with E-state index >= 15 is 0 Å². The number of ether oxygens (including phenoxy) is 1. The number of phenols is 1. The van der Waals surface area contributed by atoms with E-state index in [1.54, 1.807) is 30.3 Å². The maximum Gasteiger partial charge on any atom is 1.00 e. The number of rotatable bonds is 17. The maximum atomic E-state index is 14.7. The third kappa shape index (κ3) is 17.2. The maximum absolute atomic E-state index is 14.7. The first-order chi connectivity index (χ1) is 41.5. The molecule has 0 spiro atoms. The first kappa shape index (κ1) is 70.9. The fraction of sp³-hybridized carbons (Fsp3) is 0.482. The Balaban J connectivity index is 0.0000126. The zero-order valence-electron chi connectivity index (χ0n) is 48.6. The minimum absolute atomic E-state index is 0. The Bertz CT molecular complexity index is 3320. The number of nitrogens with zero attached hydrogens (tertiary/aromatic N) is 3. The van der Waals surface area contributed by atoms with E-state index in [0.717, 1.165) is 32.3 Å². The SMILES string of the molecule is CCCCCOc1ccc(-c2cc(-c3ccc(C(=O)NC4CC(O)C(O)NC(=O)C5C(O)C(C)CN5C(=O)C(C(O)CC(N)=O)NC(=O)C(C(O)C(O)c5ccc(O)c(S(=O)(=O)[O-])c5)NC(=O)C5CC(O)CN5C(=O)C(C(C)O)NC4=O)cc3)no2)cc1.[Na+]. The molecule has 0 bridgehead atoms. The average molecular weight is 1280 g/mol. The van der Waals surface area contributed by atoms with Crippen LogP contribution in [0.5, 0.6) is 11.5 Å². The number of carbonyl (C=O) groups is 8. The number of aliphatic hydroxyl groups excluding tert-OH is 8. The van der Waals surface area contributed by atoms with Crippen LogP contribution in [0, 0.1) is 5.92 Å². The summed E-state index contributed by atoms with van der Waals surface area (Å²) in [5.74, 6) is -12.1. The van der Waals surface area contributed by atoms with Gasteiger partial charge < -0.3 is 102 Å². The summed E-state index contributed by atoms with van der Waals surface area (Å²) in [6.07, 6.45) is -17.4. The molecule has 0 saturated carbocycles. The zero-order chi connectivity index (χ0) is 64.6. The van der Waals surface area contributed by atoms with E-state index in [0.29, 0.717) is 56.9 Å². The second-order valence-electron chi connectivity index (χ2n) is 21.9. The van der Waals surface area contributed by atoms with Crippen LogP contribution in [0.1, 0.15) is 81.3 Å². The number of primary amides is 1. The molecule has 3 aromatic carbocycles. The molecule has 33 heteroatoms. The van der Waals surface area contributed by atoms with Crippen LogP contribution >= 0.6 is 0 Å². The summed E-state index contributed by atoms with van der Waals surface area (Å²) in [4.78, 5) is 113. The molecule has 0 aliphatic carbocycles. The van der Waals surface area contributed by atoms with E-state index in [9.17, 15) is 97.3 Å². The molecule has 4 aromatic rings. The summed E-state index contributed by atoms with van der Waals surface area (Å²) in [6.45, 7) is 3.73. The van der Waals surface area contributed by atoms with Crippen molar-refractivity contribution in [3.05, 3.63) is 83.9 Å². The third-order valence-electron chi connectivity index (χ3n) is 15.3. The summed E-state index contributed by atoms with van der Waals surface area (Å²) in [6, 6.07) is 3.16. The van der Waals surface area contributed by atoms with Gasteiger partial charge in [0, 0.05) is 54.6 Å². The molecule has 3 aliphatic rings. The number of hydrogen-bond donors (Lipinski definition) is 15. The van der Waals surface area contributed by atoms with Crippen molar-refractivity contribution in [3.63, 3.8) is 0 Å². The van der Waals surface area contributed by atoms with Gasteiger partial charge in [0.15, 0.2) is 12.0 Å². The Morgan fingerprint density at radius 2 is 1.43 bits per heavy atom. The minimum atomic E-state index is -5.49. The van der Waals surface area contributed by atoms with Crippen molar-refractivity contribution in [3.8, 4) is 34.1 Å². The van der Waals surface area contributed by atoms with Gasteiger partial charge in [0.2, 0.25) is 41.4 Å². The number of aliphatic hydroxyl groups is 8. The van der Waals surface area contributed by atoms with E-state index in [-0.39, 0.29) is 35.1 Å². The topological polar surface area (TPSA) is 504 Å². The molecule has 0 radical (unpaired) electrons. The van der Waals surface area contributed by atoms with Crippen LogP contribution in [0.4, 0.5) is 0 Å². The van der Waals surface area contributed by atoms with E-state index in [4.69, 9.17) is 15.0 Å². The van der Waals surface area contributed by atoms with Crippen LogP contribution in [0.25, 0.3) is 22.6 Å². The Labute approximate surface area is 531 Å². The number of amides is 8. The van der Waals surface area contributed by atoms with Gasteiger partial charge in [-0.1, -0.05) is 50.0 Å². The molecule has 7 rings (SSSR count). The summed E-state index contributed by atoms with van der Waals surface area (Å²) in [5, 5.41) is 116. The van der Waals surface area contributed by atoms with Gasteiger partial charge in [0.05, 0.1) is 42.3 Å². The van der Waals surface area contributed by atoms with Gasteiger partial charge in [-0.15, -0.1) is 0 Å². The molecule has 15 atom stereocenters. The van der Waals surface area contributed by atoms with E-state index in [1.807, 2.05) is 10.6 Å². The number of aromatic hydroxyl groups is 1. The van der Waals surface area contributed by atoms with Crippen LogP contribution in [-0.4, -0.2) is 220 Å². The molecule has 89 heavy (non-hydrogen) atoms. The molecule has 4 heterocycles. The van der Waals surface area contributed by atoms with Crippen LogP contribution < -0.4 is 66.6 Å². The smallest absolute Gasteiger partial charge is 0.744 e. The van der Waals surface area contributed by atoms with Gasteiger partial charge in [0.25, 0.3) is 5.91 Å². The molecule has 31 nitrogen and oxygen atoms in total. The first-order valence-corrected chi connectivity index (χ1v) is 29.4. The average Bonchev–Trinajstić information content (AvgIpc) is 1.90. The summed E-state index contributed by atoms with van der Waals surface area (Å²) in [7, 11) is -5.49. The fourth-order valence-corrected chi connectivity index (χ4v) is 11.0. The van der Waals surface area contributed by atoms with Gasteiger partial charge in [-0.2, -0.15) is 0 Å². The van der Waals surface area contributed by atoms with Crippen molar-refractivity contribution in [1.29, 1.82) is 0 Å². The third-order valence-corrected chi connectivity index (χ3v) is 16.1. The monoisotopic (exact) mass is 1280 g/mol. The molecule has 8 amide bonds. The largest absolute Gasteiger partial charge is 1.00 e. The van der Waals surface area contributed by atoms with E-state index in [1.165, 1.54) is 31.2 Å². The molecule has 1 aromatic heterocycles. The van der Waals surface area contributed by atoms with Crippen LogP contribution in [-0.2, 0) is 43.7 Å². The second kappa shape index (κ2) is 30.6. The number of fused-ring (bicyclic) bond motifs is 2. The van der Waals surface area contributed by atoms with E-state index in [2.05, 4.69) is 28.0 Å². The predicted octanol–water partition coefficient (Wildman–Crippen LogP) is -7.18. The Morgan fingerprint density at radius 1 is 0.798 bits per heavy atom. The van der Waals surface area contributed by atoms with Gasteiger partial charge in [0.1, 0.15) is 81.9 Å². The molecule has 16 N–H and O–H groups in total. The Kier molecular flexibility index (Phi) is 24.3. The van der Waals surface area contributed by atoms with Crippen molar-refractivity contribution < 1.29 is 136 Å². The van der Waals surface area contributed by atoms with Crippen LogP contribution in [0.15, 0.2) is 82.2 Å². The number of aromatic nitrogens is 1. The fourth-order valence-electron chi connectivity index (χ4n) is 10.4. The zero-order valence-corrected chi connectivity index (χ0v) is 51.4. The van der Waals surface area contributed by atoms with Crippen LogP contribution in [0.2, 0.25) is 0 Å². The van der Waals surface area contributed by atoms with Crippen molar-refractivity contribution in [2.75, 3.05) is 19.7 Å². The minimum Gasteiger partial charge on any atom is -0.744 e. The van der Waals surface area contributed by atoms with Crippen molar-refractivity contribution in [2.24, 2.45) is 11.7 Å². The quantitative estimate of drug-likeness (QED) is 0.0265. The van der Waals surface area contributed by atoms with Crippen molar-refractivity contribution in [1.82, 2.24) is 41.5 Å². The van der Waals surface area contributed by atoms with Gasteiger partial charge in [-0.3, -0.25) is 38.4 Å². The number of unbranched alkanes of at least 4 members (excludes halogenated alkanes) is 2. The number of benzene rings is 3. The Hall–Kier alpha value is -7.18. The molecule has 3 aliphatic heterocycles.